The van der Waals surface area contributed by atoms with Gasteiger partial charge in [-0.1, -0.05) is 11.6 Å². The van der Waals surface area contributed by atoms with Gasteiger partial charge in [-0.3, -0.25) is 4.68 Å². The Labute approximate surface area is 147 Å². The minimum Gasteiger partial charge on any atom is -0.271 e. The van der Waals surface area contributed by atoms with E-state index in [0.29, 0.717) is 6.54 Å². The van der Waals surface area contributed by atoms with Gasteiger partial charge in [0.2, 0.25) is 10.0 Å². The molecule has 0 saturated carbocycles. The van der Waals surface area contributed by atoms with Crippen LogP contribution in [0.4, 0.5) is 4.39 Å². The Kier molecular flexibility index (Phi) is 5.00. The number of benzene rings is 1. The highest BCUT2D eigenvalue weighted by Gasteiger charge is 2.15. The molecule has 0 fully saturated rings. The zero-order chi connectivity index (χ0) is 17.2. The van der Waals surface area contributed by atoms with Crippen LogP contribution < -0.4 is 4.72 Å². The summed E-state index contributed by atoms with van der Waals surface area (Å²) in [4.78, 5) is -0.0756. The van der Waals surface area contributed by atoms with Crippen molar-refractivity contribution in [2.75, 3.05) is 6.54 Å². The van der Waals surface area contributed by atoms with Crippen LogP contribution in [0.1, 0.15) is 0 Å². The summed E-state index contributed by atoms with van der Waals surface area (Å²) in [5.74, 6) is -0.659. The minimum absolute atomic E-state index is 0.0756. The van der Waals surface area contributed by atoms with Gasteiger partial charge in [-0.05, 0) is 35.7 Å². The second kappa shape index (κ2) is 7.02. The smallest absolute Gasteiger partial charge is 0.240 e. The van der Waals surface area contributed by atoms with Crippen molar-refractivity contribution in [1.82, 2.24) is 14.5 Å². The fraction of sp³-hybridized carbons (Fsp3) is 0.133. The van der Waals surface area contributed by atoms with Crippen LogP contribution in [0, 0.1) is 5.82 Å². The molecule has 5 nitrogen and oxygen atoms in total. The lowest BCUT2D eigenvalue weighted by Gasteiger charge is -2.07. The Hall–Kier alpha value is -1.74. The summed E-state index contributed by atoms with van der Waals surface area (Å²) >= 11 is 7.21. The first-order chi connectivity index (χ1) is 11.5. The van der Waals surface area contributed by atoms with Gasteiger partial charge in [-0.25, -0.2) is 17.5 Å². The molecular weight excluding hydrogens is 373 g/mol. The number of aromatic nitrogens is 2. The zero-order valence-electron chi connectivity index (χ0n) is 12.3. The molecule has 0 atom stereocenters. The first kappa shape index (κ1) is 17.1. The second-order valence-electron chi connectivity index (χ2n) is 4.95. The molecule has 0 aliphatic carbocycles. The SMILES string of the molecule is O=S(=O)(NCCn1ccc(-c2ccsc2)n1)c1ccc(F)c(Cl)c1. The number of rotatable bonds is 6. The molecular formula is C15H13ClFN3O2S2. The molecule has 1 aromatic carbocycles. The van der Waals surface area contributed by atoms with Crippen LogP contribution in [0.25, 0.3) is 11.3 Å². The predicted octanol–water partition coefficient (Wildman–Crippen LogP) is 3.38. The summed E-state index contributed by atoms with van der Waals surface area (Å²) in [6, 6.07) is 7.13. The van der Waals surface area contributed by atoms with Crippen molar-refractivity contribution in [1.29, 1.82) is 0 Å². The molecule has 2 heterocycles. The maximum Gasteiger partial charge on any atom is 0.240 e. The third-order valence-electron chi connectivity index (χ3n) is 3.29. The van der Waals surface area contributed by atoms with Crippen molar-refractivity contribution in [3.63, 3.8) is 0 Å². The number of nitrogens with zero attached hydrogens (tertiary/aromatic N) is 2. The van der Waals surface area contributed by atoms with E-state index in [-0.39, 0.29) is 16.5 Å². The predicted molar refractivity (Wildman–Crippen MR) is 92.1 cm³/mol. The van der Waals surface area contributed by atoms with Gasteiger partial charge in [-0.2, -0.15) is 16.4 Å². The second-order valence-corrected chi connectivity index (χ2v) is 7.90. The molecule has 0 amide bonds. The molecule has 1 N–H and O–H groups in total. The molecule has 3 rings (SSSR count). The lowest BCUT2D eigenvalue weighted by molar-refractivity contribution is 0.561. The number of sulfonamides is 1. The quantitative estimate of drug-likeness (QED) is 0.707. The highest BCUT2D eigenvalue weighted by atomic mass is 35.5. The van der Waals surface area contributed by atoms with Crippen LogP contribution in [0.3, 0.4) is 0 Å². The average molecular weight is 386 g/mol. The van der Waals surface area contributed by atoms with Crippen LogP contribution in [0.2, 0.25) is 5.02 Å². The van der Waals surface area contributed by atoms with Gasteiger partial charge in [0.1, 0.15) is 5.82 Å². The van der Waals surface area contributed by atoms with Gasteiger partial charge in [0.05, 0.1) is 22.2 Å². The normalized spacial score (nSPS) is 11.8. The Balaban J connectivity index is 1.62. The first-order valence-corrected chi connectivity index (χ1v) is 9.77. The van der Waals surface area contributed by atoms with Gasteiger partial charge < -0.3 is 0 Å². The number of hydrogen-bond donors (Lipinski definition) is 1. The van der Waals surface area contributed by atoms with E-state index in [1.165, 1.54) is 6.07 Å². The standard InChI is InChI=1S/C15H13ClFN3O2S2/c16-13-9-12(1-2-14(13)17)24(21,22)18-5-7-20-6-3-15(19-20)11-4-8-23-10-11/h1-4,6,8-10,18H,5,7H2. The summed E-state index contributed by atoms with van der Waals surface area (Å²) in [6.07, 6.45) is 1.79. The number of thiophene rings is 1. The average Bonchev–Trinajstić information content (AvgIpc) is 3.20. The van der Waals surface area contributed by atoms with E-state index in [4.69, 9.17) is 11.6 Å². The largest absolute Gasteiger partial charge is 0.271 e. The molecule has 0 saturated heterocycles. The van der Waals surface area contributed by atoms with Crippen molar-refractivity contribution in [2.45, 2.75) is 11.4 Å². The van der Waals surface area contributed by atoms with Crippen molar-refractivity contribution < 1.29 is 12.8 Å². The summed E-state index contributed by atoms with van der Waals surface area (Å²) in [5.41, 5.74) is 1.87. The third-order valence-corrected chi connectivity index (χ3v) is 5.72. The van der Waals surface area contributed by atoms with Gasteiger partial charge in [0.25, 0.3) is 0 Å². The highest BCUT2D eigenvalue weighted by molar-refractivity contribution is 7.89. The van der Waals surface area contributed by atoms with Crippen LogP contribution in [-0.4, -0.2) is 24.7 Å². The van der Waals surface area contributed by atoms with Crippen molar-refractivity contribution in [2.24, 2.45) is 0 Å². The number of halogens is 2. The molecule has 0 aliphatic rings. The fourth-order valence-corrected chi connectivity index (χ4v) is 4.01. The van der Waals surface area contributed by atoms with E-state index in [1.807, 2.05) is 22.9 Å². The van der Waals surface area contributed by atoms with E-state index in [0.717, 1.165) is 23.4 Å². The fourth-order valence-electron chi connectivity index (χ4n) is 2.07. The Bertz CT molecular complexity index is 940. The molecule has 24 heavy (non-hydrogen) atoms. The summed E-state index contributed by atoms with van der Waals surface area (Å²) < 4.78 is 41.5. The number of nitrogens with one attached hydrogen (secondary N) is 1. The minimum atomic E-state index is -3.75. The summed E-state index contributed by atoms with van der Waals surface area (Å²) in [5, 5.41) is 8.12. The third kappa shape index (κ3) is 3.84. The maximum absolute atomic E-state index is 13.1. The molecule has 0 bridgehead atoms. The van der Waals surface area contributed by atoms with E-state index >= 15 is 0 Å². The van der Waals surface area contributed by atoms with E-state index in [2.05, 4.69) is 9.82 Å². The molecule has 126 valence electrons. The summed E-state index contributed by atoms with van der Waals surface area (Å²) in [7, 11) is -3.75. The van der Waals surface area contributed by atoms with E-state index in [9.17, 15) is 12.8 Å². The van der Waals surface area contributed by atoms with E-state index < -0.39 is 15.8 Å². The number of hydrogen-bond acceptors (Lipinski definition) is 4. The lowest BCUT2D eigenvalue weighted by atomic mass is 10.2. The monoisotopic (exact) mass is 385 g/mol. The highest BCUT2D eigenvalue weighted by Crippen LogP contribution is 2.20. The van der Waals surface area contributed by atoms with Crippen LogP contribution >= 0.6 is 22.9 Å². The Morgan fingerprint density at radius 3 is 2.83 bits per heavy atom. The molecule has 0 radical (unpaired) electrons. The van der Waals surface area contributed by atoms with Gasteiger partial charge in [0.15, 0.2) is 0 Å². The first-order valence-electron chi connectivity index (χ1n) is 6.96. The molecule has 0 aliphatic heterocycles. The summed E-state index contributed by atoms with van der Waals surface area (Å²) in [6.45, 7) is 0.528. The van der Waals surface area contributed by atoms with Crippen LogP contribution in [-0.2, 0) is 16.6 Å². The van der Waals surface area contributed by atoms with Crippen LogP contribution in [0.15, 0.2) is 52.2 Å². The molecule has 2 aromatic heterocycles. The van der Waals surface area contributed by atoms with Crippen molar-refractivity contribution >= 4 is 33.0 Å². The Morgan fingerprint density at radius 2 is 2.12 bits per heavy atom. The Morgan fingerprint density at radius 1 is 1.29 bits per heavy atom. The molecule has 0 unspecified atom stereocenters. The van der Waals surface area contributed by atoms with Crippen molar-refractivity contribution in [3.8, 4) is 11.3 Å². The lowest BCUT2D eigenvalue weighted by Crippen LogP contribution is -2.27. The zero-order valence-corrected chi connectivity index (χ0v) is 14.7. The van der Waals surface area contributed by atoms with Gasteiger partial charge >= 0.3 is 0 Å². The molecule has 9 heteroatoms. The molecule has 0 spiro atoms. The van der Waals surface area contributed by atoms with E-state index in [1.54, 1.807) is 22.2 Å². The van der Waals surface area contributed by atoms with Gasteiger partial charge in [0, 0.05) is 23.7 Å². The van der Waals surface area contributed by atoms with Crippen molar-refractivity contribution in [3.05, 3.63) is 58.1 Å². The topological polar surface area (TPSA) is 64.0 Å². The van der Waals surface area contributed by atoms with Gasteiger partial charge in [-0.15, -0.1) is 0 Å². The van der Waals surface area contributed by atoms with Crippen LogP contribution in [0.5, 0.6) is 0 Å². The molecule has 3 aromatic rings. The maximum atomic E-state index is 13.1.